The van der Waals surface area contributed by atoms with Gasteiger partial charge in [-0.25, -0.2) is 0 Å². The van der Waals surface area contributed by atoms with Crippen LogP contribution in [0.1, 0.15) is 64.5 Å². The van der Waals surface area contributed by atoms with Gasteiger partial charge in [-0.15, -0.1) is 0 Å². The molecule has 1 aromatic rings. The minimum Gasteiger partial charge on any atom is -0.307 e. The van der Waals surface area contributed by atoms with Crippen molar-refractivity contribution in [2.45, 2.75) is 65.0 Å². The van der Waals surface area contributed by atoms with Crippen LogP contribution in [0.15, 0.2) is 30.3 Å². The predicted molar refractivity (Wildman–Crippen MR) is 83.2 cm³/mol. The van der Waals surface area contributed by atoms with Crippen LogP contribution in [-0.4, -0.2) is 6.04 Å². The van der Waals surface area contributed by atoms with E-state index in [9.17, 15) is 0 Å². The van der Waals surface area contributed by atoms with Crippen LogP contribution in [0.3, 0.4) is 0 Å². The Morgan fingerprint density at radius 2 is 1.89 bits per heavy atom. The van der Waals surface area contributed by atoms with Crippen molar-refractivity contribution >= 4 is 0 Å². The van der Waals surface area contributed by atoms with E-state index in [-0.39, 0.29) is 0 Å². The molecule has 1 heteroatoms. The van der Waals surface area contributed by atoms with E-state index in [1.165, 1.54) is 37.7 Å². The third-order valence-corrected chi connectivity index (χ3v) is 4.65. The third-order valence-electron chi connectivity index (χ3n) is 4.65. The molecular weight excluding hydrogens is 230 g/mol. The number of benzene rings is 1. The molecule has 0 aromatic heterocycles. The molecule has 106 valence electrons. The van der Waals surface area contributed by atoms with Gasteiger partial charge >= 0.3 is 0 Å². The van der Waals surface area contributed by atoms with Crippen molar-refractivity contribution in [3.8, 4) is 0 Å². The first-order valence-electron chi connectivity index (χ1n) is 8.01. The number of rotatable bonds is 5. The van der Waals surface area contributed by atoms with Crippen LogP contribution in [0, 0.1) is 11.8 Å². The first-order valence-corrected chi connectivity index (χ1v) is 8.01. The van der Waals surface area contributed by atoms with Gasteiger partial charge in [-0.3, -0.25) is 0 Å². The van der Waals surface area contributed by atoms with Crippen LogP contribution in [0.5, 0.6) is 0 Å². The second-order valence-corrected chi connectivity index (χ2v) is 6.42. The molecule has 4 unspecified atom stereocenters. The van der Waals surface area contributed by atoms with Gasteiger partial charge in [0.15, 0.2) is 0 Å². The number of nitrogens with one attached hydrogen (secondary N) is 1. The summed E-state index contributed by atoms with van der Waals surface area (Å²) < 4.78 is 0. The van der Waals surface area contributed by atoms with Crippen LogP contribution in [0.4, 0.5) is 0 Å². The summed E-state index contributed by atoms with van der Waals surface area (Å²) in [6.07, 6.45) is 6.61. The molecule has 1 aromatic carbocycles. The summed E-state index contributed by atoms with van der Waals surface area (Å²) in [7, 11) is 0. The third kappa shape index (κ3) is 4.07. The molecule has 0 saturated heterocycles. The summed E-state index contributed by atoms with van der Waals surface area (Å²) in [6, 6.07) is 12.2. The van der Waals surface area contributed by atoms with E-state index in [0.29, 0.717) is 12.1 Å². The zero-order valence-corrected chi connectivity index (χ0v) is 12.7. The normalized spacial score (nSPS) is 29.1. The van der Waals surface area contributed by atoms with Gasteiger partial charge in [0.25, 0.3) is 0 Å². The molecule has 1 aliphatic rings. The summed E-state index contributed by atoms with van der Waals surface area (Å²) in [5.41, 5.74) is 1.45. The second kappa shape index (κ2) is 7.09. The quantitative estimate of drug-likeness (QED) is 0.789. The largest absolute Gasteiger partial charge is 0.307 e. The average Bonchev–Trinajstić information content (AvgIpc) is 2.43. The Kier molecular flexibility index (Phi) is 5.45. The Hall–Kier alpha value is -0.820. The van der Waals surface area contributed by atoms with E-state index >= 15 is 0 Å². The van der Waals surface area contributed by atoms with Crippen molar-refractivity contribution in [1.29, 1.82) is 0 Å². The van der Waals surface area contributed by atoms with Gasteiger partial charge in [-0.05, 0) is 36.7 Å². The topological polar surface area (TPSA) is 12.0 Å². The van der Waals surface area contributed by atoms with Crippen LogP contribution in [0.25, 0.3) is 0 Å². The molecule has 1 aliphatic carbocycles. The van der Waals surface area contributed by atoms with Crippen LogP contribution < -0.4 is 5.32 Å². The highest BCUT2D eigenvalue weighted by atomic mass is 15.0. The molecule has 0 aliphatic heterocycles. The van der Waals surface area contributed by atoms with Crippen molar-refractivity contribution in [1.82, 2.24) is 5.32 Å². The molecule has 0 amide bonds. The van der Waals surface area contributed by atoms with Gasteiger partial charge in [0.2, 0.25) is 0 Å². The van der Waals surface area contributed by atoms with E-state index in [2.05, 4.69) is 56.4 Å². The monoisotopic (exact) mass is 259 g/mol. The Morgan fingerprint density at radius 3 is 2.58 bits per heavy atom. The lowest BCUT2D eigenvalue weighted by Gasteiger charge is -2.36. The van der Waals surface area contributed by atoms with E-state index in [4.69, 9.17) is 0 Å². The lowest BCUT2D eigenvalue weighted by atomic mass is 9.79. The van der Waals surface area contributed by atoms with Crippen LogP contribution in [-0.2, 0) is 0 Å². The molecule has 0 radical (unpaired) electrons. The van der Waals surface area contributed by atoms with Crippen molar-refractivity contribution in [3.05, 3.63) is 35.9 Å². The molecule has 0 heterocycles. The average molecular weight is 259 g/mol. The summed E-state index contributed by atoms with van der Waals surface area (Å²) in [6.45, 7) is 7.10. The summed E-state index contributed by atoms with van der Waals surface area (Å²) in [5.74, 6) is 1.70. The van der Waals surface area contributed by atoms with Gasteiger partial charge < -0.3 is 5.32 Å². The van der Waals surface area contributed by atoms with E-state index in [1.807, 2.05) is 0 Å². The van der Waals surface area contributed by atoms with Gasteiger partial charge in [0.05, 0.1) is 0 Å². The molecule has 0 bridgehead atoms. The summed E-state index contributed by atoms with van der Waals surface area (Å²) in [4.78, 5) is 0. The minimum absolute atomic E-state index is 0.531. The first-order chi connectivity index (χ1) is 9.20. The predicted octanol–water partition coefficient (Wildman–Crippen LogP) is 4.94. The molecule has 0 spiro atoms. The van der Waals surface area contributed by atoms with E-state index in [1.54, 1.807) is 0 Å². The maximum absolute atomic E-state index is 3.95. The van der Waals surface area contributed by atoms with Crippen molar-refractivity contribution in [2.24, 2.45) is 11.8 Å². The fraction of sp³-hybridized carbons (Fsp3) is 0.667. The number of hydrogen-bond acceptors (Lipinski definition) is 1. The second-order valence-electron chi connectivity index (χ2n) is 6.42. The van der Waals surface area contributed by atoms with Gasteiger partial charge in [0, 0.05) is 12.1 Å². The molecule has 1 nitrogen and oxygen atoms in total. The fourth-order valence-electron chi connectivity index (χ4n) is 3.34. The van der Waals surface area contributed by atoms with Gasteiger partial charge in [-0.1, -0.05) is 63.9 Å². The summed E-state index contributed by atoms with van der Waals surface area (Å²) in [5, 5.41) is 3.95. The lowest BCUT2D eigenvalue weighted by molar-refractivity contribution is 0.210. The molecule has 19 heavy (non-hydrogen) atoms. The van der Waals surface area contributed by atoms with Crippen molar-refractivity contribution in [2.75, 3.05) is 0 Å². The zero-order chi connectivity index (χ0) is 13.7. The van der Waals surface area contributed by atoms with Crippen LogP contribution >= 0.6 is 0 Å². The highest BCUT2D eigenvalue weighted by Crippen LogP contribution is 2.31. The van der Waals surface area contributed by atoms with E-state index in [0.717, 1.165) is 11.8 Å². The fourth-order valence-corrected chi connectivity index (χ4v) is 3.34. The van der Waals surface area contributed by atoms with Crippen molar-refractivity contribution < 1.29 is 0 Å². The highest BCUT2D eigenvalue weighted by molar-refractivity contribution is 5.19. The van der Waals surface area contributed by atoms with E-state index < -0.39 is 0 Å². The lowest BCUT2D eigenvalue weighted by Crippen LogP contribution is -2.41. The summed E-state index contributed by atoms with van der Waals surface area (Å²) >= 11 is 0. The standard InChI is InChI=1S/C18H29N/c1-4-8-17(16-9-6-5-7-10-16)19-18-13-14(2)11-12-15(18)3/h5-7,9-10,14-15,17-19H,4,8,11-13H2,1-3H3. The maximum atomic E-state index is 3.95. The smallest absolute Gasteiger partial charge is 0.0322 e. The highest BCUT2D eigenvalue weighted by Gasteiger charge is 2.27. The van der Waals surface area contributed by atoms with Gasteiger partial charge in [0.1, 0.15) is 0 Å². The molecule has 4 atom stereocenters. The van der Waals surface area contributed by atoms with Gasteiger partial charge in [-0.2, -0.15) is 0 Å². The Labute approximate surface area is 118 Å². The Morgan fingerprint density at radius 1 is 1.16 bits per heavy atom. The molecule has 2 rings (SSSR count). The zero-order valence-electron chi connectivity index (χ0n) is 12.7. The Bertz CT molecular complexity index is 359. The minimum atomic E-state index is 0.531. The van der Waals surface area contributed by atoms with Crippen molar-refractivity contribution in [3.63, 3.8) is 0 Å². The molecule has 1 saturated carbocycles. The van der Waals surface area contributed by atoms with Crippen LogP contribution in [0.2, 0.25) is 0 Å². The molecule has 1 N–H and O–H groups in total. The first kappa shape index (κ1) is 14.6. The number of hydrogen-bond donors (Lipinski definition) is 1. The Balaban J connectivity index is 2.03. The SMILES string of the molecule is CCCC(NC1CC(C)CCC1C)c1ccccc1. The maximum Gasteiger partial charge on any atom is 0.0322 e. The molecular formula is C18H29N. The molecule has 1 fully saturated rings.